The van der Waals surface area contributed by atoms with E-state index in [-0.39, 0.29) is 25.2 Å². The van der Waals surface area contributed by atoms with E-state index in [0.717, 1.165) is 63.4 Å². The average Bonchev–Trinajstić information content (AvgIpc) is 3.22. The highest BCUT2D eigenvalue weighted by Gasteiger charge is 2.37. The number of aryl methyl sites for hydroxylation is 1. The van der Waals surface area contributed by atoms with Crippen molar-refractivity contribution >= 4 is 35.2 Å². The molecule has 2 amide bonds. The molecular formula is C45H45Cl2N3O7. The first kappa shape index (κ1) is 39.8. The van der Waals surface area contributed by atoms with Crippen LogP contribution < -0.4 is 24.3 Å². The van der Waals surface area contributed by atoms with Crippen molar-refractivity contribution in [2.24, 2.45) is 0 Å². The molecule has 7 rings (SSSR count). The summed E-state index contributed by atoms with van der Waals surface area (Å²) in [6.45, 7) is 7.51. The third-order valence-electron chi connectivity index (χ3n) is 10.2. The molecule has 2 unspecified atom stereocenters. The van der Waals surface area contributed by atoms with E-state index in [2.05, 4.69) is 10.3 Å². The summed E-state index contributed by atoms with van der Waals surface area (Å²) in [5, 5.41) is 4.05. The largest absolute Gasteiger partial charge is 0.489 e. The highest BCUT2D eigenvalue weighted by Crippen LogP contribution is 2.41. The second-order valence-electron chi connectivity index (χ2n) is 14.2. The number of fused-ring (bicyclic) bond motifs is 2. The Bertz CT molecular complexity index is 2210. The predicted octanol–water partition coefficient (Wildman–Crippen LogP) is 9.91. The number of aromatic nitrogens is 1. The predicted molar refractivity (Wildman–Crippen MR) is 219 cm³/mol. The number of carbonyl (C=O) groups excluding carboxylic acids is 2. The normalized spacial score (nSPS) is 15.7. The lowest BCUT2D eigenvalue weighted by molar-refractivity contribution is -0.126. The van der Waals surface area contributed by atoms with E-state index in [9.17, 15) is 9.59 Å². The van der Waals surface area contributed by atoms with Gasteiger partial charge in [-0.1, -0.05) is 66.9 Å². The summed E-state index contributed by atoms with van der Waals surface area (Å²) in [6, 6.07) is 25.9. The number of pyridine rings is 1. The standard InChI is InChI=1S/C45H45Cl2N3O7/c1-4-5-20-53-45(52)50-25-34-24-42-41(55-27-43(57-42)32-9-13-35(14-10-32)54-26-31-8-15-37(46)38(47)21-31)23-33(34)22-39(50)44(51)49-18-16-30-6-11-36(12-7-30)56-40-17-19-48-29(3)28(40)2/h6-15,17,19,21,23-24,39,43H,4-5,16,18,20,22,25-27H2,1-3H3,(H,49,51). The Kier molecular flexibility index (Phi) is 12.7. The summed E-state index contributed by atoms with van der Waals surface area (Å²) in [6.07, 6.45) is 3.41. The molecule has 2 aliphatic heterocycles. The van der Waals surface area contributed by atoms with Crippen LogP contribution in [0.5, 0.6) is 28.7 Å². The molecule has 296 valence electrons. The third-order valence-corrected chi connectivity index (χ3v) is 11.0. The van der Waals surface area contributed by atoms with Gasteiger partial charge in [-0.3, -0.25) is 14.7 Å². The van der Waals surface area contributed by atoms with Crippen LogP contribution in [0.15, 0.2) is 91.1 Å². The monoisotopic (exact) mass is 809 g/mol. The van der Waals surface area contributed by atoms with Gasteiger partial charge < -0.3 is 29.0 Å². The van der Waals surface area contributed by atoms with Crippen LogP contribution in [-0.4, -0.2) is 47.7 Å². The maximum absolute atomic E-state index is 13.8. The summed E-state index contributed by atoms with van der Waals surface area (Å²) in [7, 11) is 0. The van der Waals surface area contributed by atoms with Crippen LogP contribution in [0, 0.1) is 13.8 Å². The lowest BCUT2D eigenvalue weighted by Crippen LogP contribution is -2.53. The molecule has 4 aromatic carbocycles. The molecule has 1 aromatic heterocycles. The van der Waals surface area contributed by atoms with Crippen molar-refractivity contribution in [3.05, 3.63) is 140 Å². The van der Waals surface area contributed by atoms with Crippen LogP contribution in [0.2, 0.25) is 10.0 Å². The molecule has 2 aliphatic rings. The zero-order valence-electron chi connectivity index (χ0n) is 32.2. The Balaban J connectivity index is 0.979. The number of rotatable bonds is 13. The summed E-state index contributed by atoms with van der Waals surface area (Å²) in [5.41, 5.74) is 6.60. The zero-order valence-corrected chi connectivity index (χ0v) is 33.7. The van der Waals surface area contributed by atoms with Crippen LogP contribution >= 0.6 is 23.2 Å². The molecule has 1 N–H and O–H groups in total. The van der Waals surface area contributed by atoms with Gasteiger partial charge in [0.2, 0.25) is 5.91 Å². The van der Waals surface area contributed by atoms with Crippen molar-refractivity contribution in [3.63, 3.8) is 0 Å². The Morgan fingerprint density at radius 3 is 2.42 bits per heavy atom. The number of carbonyl (C=O) groups is 2. The number of benzene rings is 4. The molecule has 0 aliphatic carbocycles. The topological polar surface area (TPSA) is 108 Å². The van der Waals surface area contributed by atoms with Crippen molar-refractivity contribution < 1.29 is 33.3 Å². The van der Waals surface area contributed by atoms with E-state index < -0.39 is 12.1 Å². The van der Waals surface area contributed by atoms with E-state index in [1.807, 2.05) is 93.6 Å². The minimum Gasteiger partial charge on any atom is -0.489 e. The van der Waals surface area contributed by atoms with E-state index >= 15 is 0 Å². The fourth-order valence-corrected chi connectivity index (χ4v) is 7.05. The van der Waals surface area contributed by atoms with Gasteiger partial charge in [-0.2, -0.15) is 0 Å². The fourth-order valence-electron chi connectivity index (χ4n) is 6.73. The van der Waals surface area contributed by atoms with Crippen molar-refractivity contribution in [2.75, 3.05) is 19.8 Å². The van der Waals surface area contributed by atoms with Crippen LogP contribution in [0.4, 0.5) is 4.79 Å². The van der Waals surface area contributed by atoms with Crippen molar-refractivity contribution in [1.29, 1.82) is 0 Å². The van der Waals surface area contributed by atoms with Crippen molar-refractivity contribution in [3.8, 4) is 28.7 Å². The van der Waals surface area contributed by atoms with E-state index in [4.69, 9.17) is 46.9 Å². The number of hydrogen-bond donors (Lipinski definition) is 1. The number of nitrogens with zero attached hydrogens (tertiary/aromatic N) is 2. The highest BCUT2D eigenvalue weighted by molar-refractivity contribution is 6.42. The van der Waals surface area contributed by atoms with Crippen molar-refractivity contribution in [2.45, 2.75) is 71.8 Å². The average molecular weight is 811 g/mol. The second-order valence-corrected chi connectivity index (χ2v) is 15.0. The first-order valence-corrected chi connectivity index (χ1v) is 19.9. The van der Waals surface area contributed by atoms with Crippen LogP contribution in [-0.2, 0) is 35.5 Å². The molecule has 0 radical (unpaired) electrons. The zero-order chi connectivity index (χ0) is 39.9. The lowest BCUT2D eigenvalue weighted by atomic mass is 9.92. The van der Waals surface area contributed by atoms with Gasteiger partial charge in [-0.15, -0.1) is 0 Å². The summed E-state index contributed by atoms with van der Waals surface area (Å²) < 4.78 is 30.3. The van der Waals surface area contributed by atoms with E-state index in [1.165, 1.54) is 4.90 Å². The summed E-state index contributed by atoms with van der Waals surface area (Å²) >= 11 is 12.2. The molecule has 57 heavy (non-hydrogen) atoms. The first-order chi connectivity index (χ1) is 27.6. The Morgan fingerprint density at radius 2 is 1.65 bits per heavy atom. The Morgan fingerprint density at radius 1 is 0.895 bits per heavy atom. The van der Waals surface area contributed by atoms with Gasteiger partial charge >= 0.3 is 6.09 Å². The lowest BCUT2D eigenvalue weighted by Gasteiger charge is -2.36. The van der Waals surface area contributed by atoms with Crippen LogP contribution in [0.3, 0.4) is 0 Å². The number of nitrogens with one attached hydrogen (secondary N) is 1. The van der Waals surface area contributed by atoms with Gasteiger partial charge in [0.25, 0.3) is 0 Å². The van der Waals surface area contributed by atoms with E-state index in [0.29, 0.717) is 59.9 Å². The molecule has 0 bridgehead atoms. The molecule has 10 nitrogen and oxygen atoms in total. The molecule has 3 heterocycles. The van der Waals surface area contributed by atoms with Crippen LogP contribution in [0.1, 0.15) is 64.9 Å². The molecular weight excluding hydrogens is 765 g/mol. The minimum absolute atomic E-state index is 0.197. The number of ether oxygens (including phenoxy) is 5. The quantitative estimate of drug-likeness (QED) is 0.117. The van der Waals surface area contributed by atoms with E-state index in [1.54, 1.807) is 18.3 Å². The first-order valence-electron chi connectivity index (χ1n) is 19.2. The molecule has 0 spiro atoms. The summed E-state index contributed by atoms with van der Waals surface area (Å²) in [5.74, 6) is 3.13. The number of unbranched alkanes of at least 4 members (excludes halogenated alkanes) is 1. The fraction of sp³-hybridized carbons (Fsp3) is 0.311. The van der Waals surface area contributed by atoms with Gasteiger partial charge in [-0.25, -0.2) is 4.79 Å². The van der Waals surface area contributed by atoms with Gasteiger partial charge in [-0.05, 0) is 109 Å². The summed E-state index contributed by atoms with van der Waals surface area (Å²) in [4.78, 5) is 33.0. The third kappa shape index (κ3) is 9.75. The number of halogens is 2. The molecule has 5 aromatic rings. The number of hydrogen-bond acceptors (Lipinski definition) is 8. The second kappa shape index (κ2) is 18.2. The Labute approximate surface area is 343 Å². The molecule has 0 fully saturated rings. The molecule has 0 saturated carbocycles. The van der Waals surface area contributed by atoms with Crippen molar-refractivity contribution in [1.82, 2.24) is 15.2 Å². The molecule has 0 saturated heterocycles. The maximum Gasteiger partial charge on any atom is 0.410 e. The minimum atomic E-state index is -0.748. The molecule has 12 heteroatoms. The Hall–Kier alpha value is -5.45. The highest BCUT2D eigenvalue weighted by atomic mass is 35.5. The SMILES string of the molecule is CCCCOC(=O)N1Cc2cc3c(cc2CC1C(=O)NCCc1ccc(Oc2ccnc(C)c2C)cc1)OCC(c1ccc(OCc2ccc(Cl)c(Cl)c2)cc1)O3. The van der Waals surface area contributed by atoms with Crippen LogP contribution in [0.25, 0.3) is 0 Å². The molecule has 2 atom stereocenters. The maximum atomic E-state index is 13.8. The van der Waals surface area contributed by atoms with Gasteiger partial charge in [0.15, 0.2) is 17.6 Å². The van der Waals surface area contributed by atoms with Gasteiger partial charge in [0, 0.05) is 30.4 Å². The van der Waals surface area contributed by atoms with Gasteiger partial charge in [0.05, 0.1) is 23.2 Å². The number of amides is 2. The van der Waals surface area contributed by atoms with Gasteiger partial charge in [0.1, 0.15) is 36.5 Å². The smallest absolute Gasteiger partial charge is 0.410 e.